The first kappa shape index (κ1) is 18.8. The van der Waals surface area contributed by atoms with Crippen LogP contribution in [0.4, 0.5) is 11.4 Å². The minimum atomic E-state index is -0.0755. The first-order valence-corrected chi connectivity index (χ1v) is 11.1. The molecule has 0 unspecified atom stereocenters. The van der Waals surface area contributed by atoms with E-state index in [1.54, 1.807) is 0 Å². The van der Waals surface area contributed by atoms with Gasteiger partial charge >= 0.3 is 0 Å². The van der Waals surface area contributed by atoms with Gasteiger partial charge in [-0.15, -0.1) is 0 Å². The molecule has 1 aromatic rings. The highest BCUT2D eigenvalue weighted by Gasteiger charge is 2.41. The van der Waals surface area contributed by atoms with Crippen LogP contribution in [-0.2, 0) is 4.74 Å². The Kier molecular flexibility index (Phi) is 6.33. The van der Waals surface area contributed by atoms with Crippen LogP contribution in [0, 0.1) is 5.92 Å². The van der Waals surface area contributed by atoms with E-state index >= 15 is 0 Å². The average molecular weight is 370 g/mol. The number of anilines is 2. The summed E-state index contributed by atoms with van der Waals surface area (Å²) >= 11 is 0. The number of amidine groups is 1. The molecule has 2 heterocycles. The summed E-state index contributed by atoms with van der Waals surface area (Å²) in [6.45, 7) is 2.54. The van der Waals surface area contributed by atoms with Crippen molar-refractivity contribution in [3.8, 4) is 0 Å². The molecule has 0 amide bonds. The summed E-state index contributed by atoms with van der Waals surface area (Å²) in [7, 11) is 0. The van der Waals surface area contributed by atoms with Crippen molar-refractivity contribution < 1.29 is 4.74 Å². The van der Waals surface area contributed by atoms with Gasteiger partial charge in [0, 0.05) is 32.6 Å². The molecular weight excluding hydrogens is 334 g/mol. The van der Waals surface area contributed by atoms with Gasteiger partial charge in [-0.25, -0.2) is 0 Å². The summed E-state index contributed by atoms with van der Waals surface area (Å²) in [5.41, 5.74) is 2.26. The van der Waals surface area contributed by atoms with E-state index in [2.05, 4.69) is 34.9 Å². The largest absolute Gasteiger partial charge is 0.381 e. The summed E-state index contributed by atoms with van der Waals surface area (Å²) in [4.78, 5) is 5.05. The average Bonchev–Trinajstić information content (AvgIpc) is 2.97. The molecule has 0 bridgehead atoms. The van der Waals surface area contributed by atoms with Crippen LogP contribution < -0.4 is 10.6 Å². The Morgan fingerprint density at radius 3 is 2.48 bits per heavy atom. The van der Waals surface area contributed by atoms with Crippen LogP contribution >= 0.6 is 0 Å². The van der Waals surface area contributed by atoms with Crippen molar-refractivity contribution in [3.63, 3.8) is 0 Å². The molecular formula is C23H35N3O. The van der Waals surface area contributed by atoms with E-state index in [0.717, 1.165) is 50.0 Å². The van der Waals surface area contributed by atoms with E-state index in [0.29, 0.717) is 0 Å². The highest BCUT2D eigenvalue weighted by molar-refractivity contribution is 6.09. The fraction of sp³-hybridized carbons (Fsp3) is 0.696. The predicted molar refractivity (Wildman–Crippen MR) is 114 cm³/mol. The Labute approximate surface area is 164 Å². The normalized spacial score (nSPS) is 24.1. The van der Waals surface area contributed by atoms with Crippen molar-refractivity contribution in [2.45, 2.75) is 76.2 Å². The summed E-state index contributed by atoms with van der Waals surface area (Å²) in [5.74, 6) is 2.10. The number of rotatable bonds is 5. The quantitative estimate of drug-likeness (QED) is 0.523. The lowest BCUT2D eigenvalue weighted by molar-refractivity contribution is 0.0778. The van der Waals surface area contributed by atoms with Crippen LogP contribution in [0.2, 0.25) is 0 Å². The number of para-hydroxylation sites is 2. The Morgan fingerprint density at radius 1 is 0.963 bits per heavy atom. The van der Waals surface area contributed by atoms with E-state index in [-0.39, 0.29) is 5.54 Å². The zero-order valence-electron chi connectivity index (χ0n) is 16.6. The number of aliphatic imine (C=N–C) groups is 1. The first-order valence-electron chi connectivity index (χ1n) is 11.1. The Hall–Kier alpha value is -1.55. The molecule has 0 aromatic heterocycles. The van der Waals surface area contributed by atoms with Gasteiger partial charge in [-0.3, -0.25) is 4.99 Å². The molecule has 1 saturated heterocycles. The Bertz CT molecular complexity index is 628. The number of hydrogen-bond donors (Lipinski definition) is 2. The highest BCUT2D eigenvalue weighted by atomic mass is 16.5. The number of benzene rings is 1. The van der Waals surface area contributed by atoms with Gasteiger partial charge in [-0.05, 0) is 24.5 Å². The molecule has 1 aromatic carbocycles. The van der Waals surface area contributed by atoms with Gasteiger partial charge in [0.2, 0.25) is 0 Å². The van der Waals surface area contributed by atoms with E-state index in [4.69, 9.17) is 9.73 Å². The van der Waals surface area contributed by atoms with Crippen LogP contribution in [0.3, 0.4) is 0 Å². The maximum absolute atomic E-state index is 5.63. The van der Waals surface area contributed by atoms with Crippen molar-refractivity contribution >= 4 is 17.2 Å². The maximum atomic E-state index is 5.63. The van der Waals surface area contributed by atoms with E-state index in [9.17, 15) is 0 Å². The van der Waals surface area contributed by atoms with Crippen molar-refractivity contribution in [1.29, 1.82) is 0 Å². The van der Waals surface area contributed by atoms with Crippen LogP contribution in [0.5, 0.6) is 0 Å². The van der Waals surface area contributed by atoms with Crippen molar-refractivity contribution in [1.82, 2.24) is 0 Å². The van der Waals surface area contributed by atoms with Crippen molar-refractivity contribution in [2.24, 2.45) is 10.9 Å². The van der Waals surface area contributed by atoms with Crippen molar-refractivity contribution in [3.05, 3.63) is 24.3 Å². The molecule has 1 saturated carbocycles. The second-order valence-corrected chi connectivity index (χ2v) is 8.57. The van der Waals surface area contributed by atoms with Crippen molar-refractivity contribution in [2.75, 3.05) is 30.4 Å². The van der Waals surface area contributed by atoms with Gasteiger partial charge in [0.15, 0.2) is 0 Å². The summed E-state index contributed by atoms with van der Waals surface area (Å²) in [5, 5.41) is 7.43. The Morgan fingerprint density at radius 2 is 1.70 bits per heavy atom. The molecule has 4 rings (SSSR count). The zero-order valence-corrected chi connectivity index (χ0v) is 16.6. The van der Waals surface area contributed by atoms with Crippen LogP contribution in [0.25, 0.3) is 0 Å². The van der Waals surface area contributed by atoms with Gasteiger partial charge in [0.1, 0.15) is 5.84 Å². The molecule has 0 atom stereocenters. The molecule has 2 N–H and O–H groups in total. The summed E-state index contributed by atoms with van der Waals surface area (Å²) < 4.78 is 5.63. The van der Waals surface area contributed by atoms with Gasteiger partial charge in [-0.2, -0.15) is 0 Å². The molecule has 4 heteroatoms. The number of ether oxygens (including phenoxy) is 1. The molecule has 0 radical (unpaired) electrons. The summed E-state index contributed by atoms with van der Waals surface area (Å²) in [6, 6.07) is 8.47. The molecule has 148 valence electrons. The van der Waals surface area contributed by atoms with E-state index < -0.39 is 0 Å². The lowest BCUT2D eigenvalue weighted by Gasteiger charge is -2.43. The smallest absolute Gasteiger partial charge is 0.127 e. The van der Waals surface area contributed by atoms with E-state index in [1.807, 2.05) is 0 Å². The fourth-order valence-corrected chi connectivity index (χ4v) is 4.93. The number of hydrogen-bond acceptors (Lipinski definition) is 3. The van der Waals surface area contributed by atoms with E-state index in [1.165, 1.54) is 63.5 Å². The Balaban J connectivity index is 1.35. The third-order valence-corrected chi connectivity index (χ3v) is 6.62. The van der Waals surface area contributed by atoms with Crippen LogP contribution in [0.1, 0.15) is 70.6 Å². The molecule has 1 aliphatic carbocycles. The molecule has 4 nitrogen and oxygen atoms in total. The van der Waals surface area contributed by atoms with Gasteiger partial charge in [0.05, 0.1) is 16.9 Å². The lowest BCUT2D eigenvalue weighted by atomic mass is 9.86. The first-order chi connectivity index (χ1) is 13.4. The fourth-order valence-electron chi connectivity index (χ4n) is 4.93. The zero-order chi connectivity index (χ0) is 18.4. The van der Waals surface area contributed by atoms with Crippen LogP contribution in [-0.4, -0.2) is 31.1 Å². The van der Waals surface area contributed by atoms with Gasteiger partial charge < -0.3 is 15.4 Å². The number of unbranched alkanes of at least 4 members (excludes halogenated alkanes) is 1. The predicted octanol–water partition coefficient (Wildman–Crippen LogP) is 5.61. The standard InChI is InChI=1S/C23H35N3O/c1-2-4-10-19(9-3-1)11-7-8-16-24-22-23(14-17-27-18-15-23)26-21-13-6-5-12-20(21)25-22/h5-6,12-13,19,26H,1-4,7-11,14-18H2,(H,24,25). The third-order valence-electron chi connectivity index (χ3n) is 6.62. The minimum Gasteiger partial charge on any atom is -0.381 e. The molecule has 3 aliphatic rings. The van der Waals surface area contributed by atoms with Crippen LogP contribution in [0.15, 0.2) is 29.3 Å². The minimum absolute atomic E-state index is 0.0755. The molecule has 1 spiro atoms. The second kappa shape index (κ2) is 9.09. The topological polar surface area (TPSA) is 45.7 Å². The SMILES string of the molecule is c1ccc2c(c1)NC(=NCCCCC1CCCCCC1)C1(CCOCC1)N2. The maximum Gasteiger partial charge on any atom is 0.127 e. The number of nitrogens with one attached hydrogen (secondary N) is 2. The third kappa shape index (κ3) is 4.66. The van der Waals surface area contributed by atoms with Gasteiger partial charge in [0.25, 0.3) is 0 Å². The molecule has 2 aliphatic heterocycles. The summed E-state index contributed by atoms with van der Waals surface area (Å²) in [6.07, 6.45) is 14.6. The molecule has 27 heavy (non-hydrogen) atoms. The highest BCUT2D eigenvalue weighted by Crippen LogP contribution is 2.36. The molecule has 2 fully saturated rings. The lowest BCUT2D eigenvalue weighted by Crippen LogP contribution is -2.55. The monoisotopic (exact) mass is 369 g/mol. The number of nitrogens with zero attached hydrogens (tertiary/aromatic N) is 1. The number of fused-ring (bicyclic) bond motifs is 1. The van der Waals surface area contributed by atoms with Gasteiger partial charge in [-0.1, -0.05) is 63.5 Å². The second-order valence-electron chi connectivity index (χ2n) is 8.57.